The minimum absolute atomic E-state index is 0.187. The Kier molecular flexibility index (Phi) is 6.50. The molecule has 0 saturated carbocycles. The van der Waals surface area contributed by atoms with E-state index in [-0.39, 0.29) is 35.2 Å². The van der Waals surface area contributed by atoms with Crippen LogP contribution in [0.3, 0.4) is 0 Å². The first-order valence-corrected chi connectivity index (χ1v) is 13.6. The molecule has 6 rings (SSSR count). The number of anilines is 1. The van der Waals surface area contributed by atoms with Crippen molar-refractivity contribution in [2.75, 3.05) is 31.1 Å². The molecule has 2 aromatic rings. The second kappa shape index (κ2) is 9.84. The normalized spacial score (nSPS) is 25.9. The highest BCUT2D eigenvalue weighted by Gasteiger charge is 2.50. The molecule has 9 heteroatoms. The topological polar surface area (TPSA) is 62.3 Å². The molecule has 0 aliphatic carbocycles. The molecule has 38 heavy (non-hydrogen) atoms. The van der Waals surface area contributed by atoms with Crippen LogP contribution in [0.4, 0.5) is 24.1 Å². The van der Waals surface area contributed by atoms with E-state index in [9.17, 15) is 18.4 Å². The molecule has 2 aromatic carbocycles. The van der Waals surface area contributed by atoms with Crippen molar-refractivity contribution in [1.29, 1.82) is 0 Å². The van der Waals surface area contributed by atoms with Crippen molar-refractivity contribution in [2.24, 2.45) is 0 Å². The van der Waals surface area contributed by atoms with Crippen molar-refractivity contribution in [3.05, 3.63) is 59.7 Å². The maximum Gasteiger partial charge on any atom is 0.419 e. The van der Waals surface area contributed by atoms with Gasteiger partial charge in [-0.05, 0) is 107 Å². The summed E-state index contributed by atoms with van der Waals surface area (Å²) in [6.07, 6.45) is 4.81. The number of ether oxygens (including phenoxy) is 2. The number of likely N-dealkylation sites (tertiary alicyclic amines) is 1. The van der Waals surface area contributed by atoms with Crippen molar-refractivity contribution < 1.29 is 27.8 Å². The molecule has 2 bridgehead atoms. The molecular weight excluding hydrogens is 492 g/mol. The van der Waals surface area contributed by atoms with Gasteiger partial charge < -0.3 is 19.3 Å². The lowest BCUT2D eigenvalue weighted by Gasteiger charge is -2.47. The molecular formula is C29H33F2N3O4. The van der Waals surface area contributed by atoms with E-state index < -0.39 is 11.9 Å². The predicted molar refractivity (Wildman–Crippen MR) is 137 cm³/mol. The van der Waals surface area contributed by atoms with Crippen molar-refractivity contribution >= 4 is 17.9 Å². The van der Waals surface area contributed by atoms with Crippen molar-refractivity contribution in [2.45, 2.75) is 69.0 Å². The van der Waals surface area contributed by atoms with Gasteiger partial charge in [-0.15, -0.1) is 0 Å². The van der Waals surface area contributed by atoms with E-state index in [0.717, 1.165) is 57.2 Å². The predicted octanol–water partition coefficient (Wildman–Crippen LogP) is 5.47. The number of halogens is 2. The molecule has 4 aliphatic heterocycles. The van der Waals surface area contributed by atoms with Gasteiger partial charge in [-0.3, -0.25) is 4.90 Å². The first-order valence-electron chi connectivity index (χ1n) is 13.6. The van der Waals surface area contributed by atoms with Crippen molar-refractivity contribution in [1.82, 2.24) is 9.80 Å². The molecule has 3 fully saturated rings. The fourth-order valence-corrected chi connectivity index (χ4v) is 7.15. The zero-order valence-electron chi connectivity index (χ0n) is 21.6. The number of amides is 2. The molecule has 7 nitrogen and oxygen atoms in total. The van der Waals surface area contributed by atoms with Crippen LogP contribution in [-0.4, -0.2) is 66.4 Å². The molecule has 2 unspecified atom stereocenters. The minimum Gasteiger partial charge on any atom is -0.450 e. The summed E-state index contributed by atoms with van der Waals surface area (Å²) in [6.45, 7) is 4.35. The van der Waals surface area contributed by atoms with E-state index in [0.29, 0.717) is 24.9 Å². The molecule has 2 atom stereocenters. The summed E-state index contributed by atoms with van der Waals surface area (Å²) in [6, 6.07) is 10.8. The highest BCUT2D eigenvalue weighted by atomic mass is 19.1. The van der Waals surface area contributed by atoms with Gasteiger partial charge in [0.25, 0.3) is 0 Å². The molecule has 1 spiro atoms. The number of carbonyl (C=O) groups excluding carboxylic acids is 2. The summed E-state index contributed by atoms with van der Waals surface area (Å²) in [7, 11) is 0. The van der Waals surface area contributed by atoms with Gasteiger partial charge in [0, 0.05) is 30.1 Å². The Hall–Kier alpha value is -3.20. The molecule has 0 aromatic heterocycles. The Morgan fingerprint density at radius 2 is 1.58 bits per heavy atom. The minimum atomic E-state index is -0.549. The lowest BCUT2D eigenvalue weighted by molar-refractivity contribution is 0.0282. The van der Waals surface area contributed by atoms with Crippen LogP contribution in [0, 0.1) is 11.6 Å². The van der Waals surface area contributed by atoms with Crippen LogP contribution >= 0.6 is 0 Å². The Labute approximate surface area is 221 Å². The highest BCUT2D eigenvalue weighted by Crippen LogP contribution is 2.49. The van der Waals surface area contributed by atoms with E-state index in [1.165, 1.54) is 30.3 Å². The van der Waals surface area contributed by atoms with Gasteiger partial charge in [0.15, 0.2) is 0 Å². The van der Waals surface area contributed by atoms with Crippen LogP contribution in [-0.2, 0) is 10.2 Å². The van der Waals surface area contributed by atoms with Gasteiger partial charge in [-0.2, -0.15) is 0 Å². The summed E-state index contributed by atoms with van der Waals surface area (Å²) in [4.78, 5) is 31.7. The summed E-state index contributed by atoms with van der Waals surface area (Å²) < 4.78 is 38.5. The number of benzene rings is 2. The summed E-state index contributed by atoms with van der Waals surface area (Å²) >= 11 is 0. The fourth-order valence-electron chi connectivity index (χ4n) is 7.15. The van der Waals surface area contributed by atoms with E-state index in [4.69, 9.17) is 9.47 Å². The Balaban J connectivity index is 1.15. The van der Waals surface area contributed by atoms with E-state index in [1.54, 1.807) is 17.0 Å². The van der Waals surface area contributed by atoms with Crippen LogP contribution in [0.25, 0.3) is 0 Å². The lowest BCUT2D eigenvalue weighted by Crippen LogP contribution is -2.55. The van der Waals surface area contributed by atoms with Gasteiger partial charge >= 0.3 is 12.2 Å². The maximum absolute atomic E-state index is 14.4. The number of hydrogen-bond donors (Lipinski definition) is 0. The monoisotopic (exact) mass is 525 g/mol. The van der Waals surface area contributed by atoms with Crippen LogP contribution in [0.2, 0.25) is 0 Å². The molecule has 2 amide bonds. The second-order valence-electron chi connectivity index (χ2n) is 11.0. The van der Waals surface area contributed by atoms with E-state index >= 15 is 0 Å². The van der Waals surface area contributed by atoms with Crippen LogP contribution in [0.1, 0.15) is 51.0 Å². The van der Waals surface area contributed by atoms with Crippen molar-refractivity contribution in [3.63, 3.8) is 0 Å². The number of fused-ring (bicyclic) bond motifs is 4. The number of nitrogens with zero attached hydrogens (tertiary/aromatic N) is 3. The average Bonchev–Trinajstić information content (AvgIpc) is 3.36. The zero-order chi connectivity index (χ0) is 26.4. The summed E-state index contributed by atoms with van der Waals surface area (Å²) in [5.74, 6) is -0.459. The Morgan fingerprint density at radius 3 is 2.24 bits per heavy atom. The lowest BCUT2D eigenvalue weighted by atomic mass is 9.73. The zero-order valence-corrected chi connectivity index (χ0v) is 21.6. The second-order valence-corrected chi connectivity index (χ2v) is 11.0. The number of rotatable bonds is 3. The molecule has 3 saturated heterocycles. The Bertz CT molecular complexity index is 1200. The third-order valence-corrected chi connectivity index (χ3v) is 8.98. The fraction of sp³-hybridized carbons (Fsp3) is 0.517. The molecule has 0 N–H and O–H groups in total. The third-order valence-electron chi connectivity index (χ3n) is 8.98. The van der Waals surface area contributed by atoms with Crippen LogP contribution in [0.5, 0.6) is 5.75 Å². The number of carbonyl (C=O) groups is 2. The first kappa shape index (κ1) is 25.1. The van der Waals surface area contributed by atoms with Gasteiger partial charge in [-0.25, -0.2) is 18.4 Å². The molecule has 202 valence electrons. The van der Waals surface area contributed by atoms with Gasteiger partial charge in [-0.1, -0.05) is 0 Å². The molecule has 4 aliphatic rings. The molecule has 4 heterocycles. The SMILES string of the molecule is CCOC(=O)N1C2CCC1CC(N1CCC3(CC1)CN(C(=O)Oc1ccc(F)cc1)c1ccc(F)cc13)C2. The molecule has 0 radical (unpaired) electrons. The summed E-state index contributed by atoms with van der Waals surface area (Å²) in [5, 5.41) is 0. The summed E-state index contributed by atoms with van der Waals surface area (Å²) in [5.41, 5.74) is 1.18. The number of hydrogen-bond acceptors (Lipinski definition) is 5. The largest absolute Gasteiger partial charge is 0.450 e. The highest BCUT2D eigenvalue weighted by molar-refractivity contribution is 5.92. The van der Waals surface area contributed by atoms with E-state index in [1.807, 2.05) is 11.8 Å². The van der Waals surface area contributed by atoms with Crippen LogP contribution in [0.15, 0.2) is 42.5 Å². The first-order chi connectivity index (χ1) is 18.4. The van der Waals surface area contributed by atoms with Gasteiger partial charge in [0.1, 0.15) is 17.4 Å². The van der Waals surface area contributed by atoms with E-state index in [2.05, 4.69) is 4.90 Å². The number of piperidine rings is 2. The Morgan fingerprint density at radius 1 is 0.921 bits per heavy atom. The smallest absolute Gasteiger partial charge is 0.419 e. The van der Waals surface area contributed by atoms with Gasteiger partial charge in [0.2, 0.25) is 0 Å². The van der Waals surface area contributed by atoms with Gasteiger partial charge in [0.05, 0.1) is 12.3 Å². The standard InChI is InChI=1S/C29H33F2N3O4/c1-2-37-28(36)34-21-6-7-22(34)17-23(16-21)32-13-11-29(12-14-32)18-33(26-10-5-20(31)15-25(26)29)27(35)38-24-8-3-19(30)4-9-24/h3-5,8-10,15,21-23H,2,6-7,11-14,16-18H2,1H3. The average molecular weight is 526 g/mol. The maximum atomic E-state index is 14.4. The van der Waals surface area contributed by atoms with Crippen LogP contribution < -0.4 is 9.64 Å². The quantitative estimate of drug-likeness (QED) is 0.532. The van der Waals surface area contributed by atoms with Crippen molar-refractivity contribution in [3.8, 4) is 5.75 Å². The third kappa shape index (κ3) is 4.40.